The molecule has 0 radical (unpaired) electrons. The van der Waals surface area contributed by atoms with Crippen LogP contribution in [0.5, 0.6) is 5.75 Å². The van der Waals surface area contributed by atoms with E-state index < -0.39 is 0 Å². The van der Waals surface area contributed by atoms with Crippen LogP contribution in [-0.2, 0) is 11.3 Å². The molecule has 3 heterocycles. The molecule has 2 aromatic carbocycles. The van der Waals surface area contributed by atoms with Gasteiger partial charge in [-0.3, -0.25) is 4.79 Å². The third-order valence-corrected chi connectivity index (χ3v) is 6.01. The van der Waals surface area contributed by atoms with Crippen molar-refractivity contribution in [2.75, 3.05) is 38.2 Å². The number of hydrogen-bond donors (Lipinski definition) is 0. The number of ether oxygens (including phenoxy) is 1. The van der Waals surface area contributed by atoms with E-state index in [1.807, 2.05) is 47.4 Å². The number of carbonyl (C=O) groups is 1. The van der Waals surface area contributed by atoms with Gasteiger partial charge in [0, 0.05) is 43.5 Å². The molecule has 1 saturated heterocycles. The third-order valence-electron chi connectivity index (χ3n) is 6.01. The molecule has 35 heavy (non-hydrogen) atoms. The van der Waals surface area contributed by atoms with E-state index in [0.717, 1.165) is 17.1 Å². The highest BCUT2D eigenvalue weighted by Gasteiger charge is 2.24. The minimum absolute atomic E-state index is 0.0411. The fourth-order valence-corrected chi connectivity index (χ4v) is 4.08. The summed E-state index contributed by atoms with van der Waals surface area (Å²) in [6.45, 7) is 2.66. The van der Waals surface area contributed by atoms with Gasteiger partial charge in [-0.05, 0) is 60.7 Å². The molecule has 0 atom stereocenters. The Morgan fingerprint density at radius 2 is 1.66 bits per heavy atom. The molecule has 0 aliphatic carbocycles. The van der Waals surface area contributed by atoms with Crippen LogP contribution in [0.2, 0.25) is 0 Å². The maximum atomic E-state index is 13.5. The highest BCUT2D eigenvalue weighted by Crippen LogP contribution is 2.25. The van der Waals surface area contributed by atoms with Crippen LogP contribution >= 0.6 is 0 Å². The average Bonchev–Trinajstić information content (AvgIpc) is 3.33. The van der Waals surface area contributed by atoms with Gasteiger partial charge in [0.1, 0.15) is 23.9 Å². The van der Waals surface area contributed by atoms with E-state index in [2.05, 4.69) is 20.0 Å². The van der Waals surface area contributed by atoms with Crippen LogP contribution in [0.15, 0.2) is 72.9 Å². The van der Waals surface area contributed by atoms with Gasteiger partial charge in [0.15, 0.2) is 11.6 Å². The Kier molecular flexibility index (Phi) is 6.38. The van der Waals surface area contributed by atoms with Gasteiger partial charge in [-0.2, -0.15) is 0 Å². The van der Waals surface area contributed by atoms with Crippen molar-refractivity contribution in [2.24, 2.45) is 0 Å². The maximum absolute atomic E-state index is 13.5. The average molecular weight is 473 g/mol. The number of carbonyl (C=O) groups excluding carboxylic acids is 1. The molecule has 1 amide bonds. The monoisotopic (exact) mass is 472 g/mol. The van der Waals surface area contributed by atoms with Crippen molar-refractivity contribution < 1.29 is 13.9 Å². The Morgan fingerprint density at radius 1 is 0.943 bits per heavy atom. The second kappa shape index (κ2) is 9.92. The second-order valence-corrected chi connectivity index (χ2v) is 8.21. The lowest BCUT2D eigenvalue weighted by Gasteiger charge is -2.35. The van der Waals surface area contributed by atoms with Crippen LogP contribution in [-0.4, -0.2) is 63.8 Å². The van der Waals surface area contributed by atoms with Gasteiger partial charge in [-0.15, -0.1) is 5.10 Å². The van der Waals surface area contributed by atoms with Crippen molar-refractivity contribution in [3.05, 3.63) is 78.7 Å². The number of benzene rings is 2. The lowest BCUT2D eigenvalue weighted by Crippen LogP contribution is -2.49. The van der Waals surface area contributed by atoms with E-state index in [1.165, 1.54) is 12.1 Å². The number of aromatic nitrogens is 4. The van der Waals surface area contributed by atoms with Crippen molar-refractivity contribution in [1.29, 1.82) is 0 Å². The first kappa shape index (κ1) is 22.5. The number of amides is 1. The Hall–Kier alpha value is -4.27. The van der Waals surface area contributed by atoms with Gasteiger partial charge in [0.2, 0.25) is 5.91 Å². The zero-order valence-electron chi connectivity index (χ0n) is 19.3. The predicted octanol–water partition coefficient (Wildman–Crippen LogP) is 3.50. The summed E-state index contributed by atoms with van der Waals surface area (Å²) < 4.78 is 20.4. The van der Waals surface area contributed by atoms with Gasteiger partial charge in [0.05, 0.1) is 7.11 Å². The topological polar surface area (TPSA) is 76.4 Å². The van der Waals surface area contributed by atoms with Crippen molar-refractivity contribution in [2.45, 2.75) is 6.54 Å². The summed E-state index contributed by atoms with van der Waals surface area (Å²) in [5.74, 6) is 2.26. The molecule has 0 spiro atoms. The predicted molar refractivity (Wildman–Crippen MR) is 130 cm³/mol. The molecule has 9 heteroatoms. The molecule has 178 valence electrons. The maximum Gasteiger partial charge on any atom is 0.244 e. The summed E-state index contributed by atoms with van der Waals surface area (Å²) in [5.41, 5.74) is 1.48. The Balaban J connectivity index is 1.36. The summed E-state index contributed by atoms with van der Waals surface area (Å²) in [6.07, 6.45) is 1.77. The van der Waals surface area contributed by atoms with E-state index >= 15 is 0 Å². The molecule has 8 nitrogen and oxygen atoms in total. The van der Waals surface area contributed by atoms with E-state index in [9.17, 15) is 9.18 Å². The SMILES string of the molecule is COc1ccc(-c2nc(-c3ccc(F)cc3)n(CC(=O)N3CCN(c4ccccn4)CC3)n2)cc1. The van der Waals surface area contributed by atoms with Crippen molar-refractivity contribution in [1.82, 2.24) is 24.6 Å². The van der Waals surface area contributed by atoms with Gasteiger partial charge < -0.3 is 14.5 Å². The first-order chi connectivity index (χ1) is 17.1. The van der Waals surface area contributed by atoms with Gasteiger partial charge >= 0.3 is 0 Å². The van der Waals surface area contributed by atoms with Crippen molar-refractivity contribution in [3.63, 3.8) is 0 Å². The van der Waals surface area contributed by atoms with Crippen molar-refractivity contribution in [3.8, 4) is 28.5 Å². The molecular weight excluding hydrogens is 447 g/mol. The number of methoxy groups -OCH3 is 1. The van der Waals surface area contributed by atoms with Crippen LogP contribution < -0.4 is 9.64 Å². The molecule has 4 aromatic rings. The van der Waals surface area contributed by atoms with Crippen molar-refractivity contribution >= 4 is 11.7 Å². The lowest BCUT2D eigenvalue weighted by molar-refractivity contribution is -0.132. The van der Waals surface area contributed by atoms with E-state index in [-0.39, 0.29) is 18.3 Å². The molecular formula is C26H25FN6O2. The van der Waals surface area contributed by atoms with Gasteiger partial charge in [-0.1, -0.05) is 6.07 Å². The highest BCUT2D eigenvalue weighted by atomic mass is 19.1. The fraction of sp³-hybridized carbons (Fsp3) is 0.231. The zero-order chi connectivity index (χ0) is 24.2. The summed E-state index contributed by atoms with van der Waals surface area (Å²) in [4.78, 5) is 26.3. The molecule has 5 rings (SSSR count). The molecule has 1 aliphatic heterocycles. The summed E-state index contributed by atoms with van der Waals surface area (Å²) in [7, 11) is 1.61. The van der Waals surface area contributed by atoms with E-state index in [1.54, 1.807) is 30.1 Å². The largest absolute Gasteiger partial charge is 0.497 e. The Bertz CT molecular complexity index is 1280. The zero-order valence-corrected chi connectivity index (χ0v) is 19.3. The lowest BCUT2D eigenvalue weighted by atomic mass is 10.2. The fourth-order valence-electron chi connectivity index (χ4n) is 4.08. The van der Waals surface area contributed by atoms with Crippen LogP contribution in [0.25, 0.3) is 22.8 Å². The standard InChI is InChI=1S/C26H25FN6O2/c1-35-22-11-7-19(8-12-22)25-29-26(20-5-9-21(27)10-6-20)33(30-25)18-24(34)32-16-14-31(15-17-32)23-4-2-3-13-28-23/h2-13H,14-18H2,1H3. The Morgan fingerprint density at radius 3 is 2.31 bits per heavy atom. The normalized spacial score (nSPS) is 13.7. The minimum Gasteiger partial charge on any atom is -0.497 e. The number of nitrogens with zero attached hydrogens (tertiary/aromatic N) is 6. The molecule has 1 aliphatic rings. The number of hydrogen-bond acceptors (Lipinski definition) is 6. The smallest absolute Gasteiger partial charge is 0.244 e. The molecule has 0 bridgehead atoms. The van der Waals surface area contributed by atoms with Gasteiger partial charge in [-0.25, -0.2) is 19.0 Å². The summed E-state index contributed by atoms with van der Waals surface area (Å²) in [6, 6.07) is 19.3. The molecule has 1 fully saturated rings. The minimum atomic E-state index is -0.336. The van der Waals surface area contributed by atoms with Crippen LogP contribution in [0.1, 0.15) is 0 Å². The molecule has 2 aromatic heterocycles. The van der Waals surface area contributed by atoms with Crippen LogP contribution in [0.3, 0.4) is 0 Å². The first-order valence-corrected chi connectivity index (χ1v) is 11.4. The second-order valence-electron chi connectivity index (χ2n) is 8.21. The first-order valence-electron chi connectivity index (χ1n) is 11.4. The van der Waals surface area contributed by atoms with Gasteiger partial charge in [0.25, 0.3) is 0 Å². The summed E-state index contributed by atoms with van der Waals surface area (Å²) in [5, 5.41) is 4.64. The number of rotatable bonds is 6. The summed E-state index contributed by atoms with van der Waals surface area (Å²) >= 11 is 0. The molecule has 0 N–H and O–H groups in total. The number of piperazine rings is 1. The van der Waals surface area contributed by atoms with Crippen LogP contribution in [0, 0.1) is 5.82 Å². The quantitative estimate of drug-likeness (QED) is 0.428. The highest BCUT2D eigenvalue weighted by molar-refractivity contribution is 5.77. The number of pyridine rings is 1. The molecule has 0 unspecified atom stereocenters. The number of anilines is 1. The Labute approximate surface area is 202 Å². The van der Waals surface area contributed by atoms with E-state index in [0.29, 0.717) is 43.4 Å². The van der Waals surface area contributed by atoms with Crippen LogP contribution in [0.4, 0.5) is 10.2 Å². The van der Waals surface area contributed by atoms with E-state index in [4.69, 9.17) is 4.74 Å². The molecule has 0 saturated carbocycles. The third kappa shape index (κ3) is 4.98. The number of halogens is 1.